The van der Waals surface area contributed by atoms with E-state index in [1.54, 1.807) is 6.07 Å². The minimum absolute atomic E-state index is 0. The van der Waals surface area contributed by atoms with Gasteiger partial charge in [-0.3, -0.25) is 0 Å². The maximum absolute atomic E-state index is 12.2. The number of halogens is 1. The Kier molecular flexibility index (Phi) is 4.74. The molecule has 8 heteroatoms. The van der Waals surface area contributed by atoms with Crippen molar-refractivity contribution < 1.29 is 17.9 Å². The van der Waals surface area contributed by atoms with Gasteiger partial charge in [0, 0.05) is 18.7 Å². The first-order valence-corrected chi connectivity index (χ1v) is 7.76. The summed E-state index contributed by atoms with van der Waals surface area (Å²) in [6.07, 6.45) is 2.10. The molecule has 2 N–H and O–H groups in total. The van der Waals surface area contributed by atoms with Gasteiger partial charge in [-0.25, -0.2) is 13.1 Å². The van der Waals surface area contributed by atoms with Gasteiger partial charge in [0.25, 0.3) is 0 Å². The lowest BCUT2D eigenvalue weighted by Crippen LogP contribution is -2.37. The third kappa shape index (κ3) is 3.17. The molecule has 1 aromatic carbocycles. The number of benzene rings is 1. The number of nitrogens with one attached hydrogen (secondary N) is 2. The second-order valence-corrected chi connectivity index (χ2v) is 6.43. The molecule has 112 valence electrons. The monoisotopic (exact) mass is 320 g/mol. The third-order valence-corrected chi connectivity index (χ3v) is 4.76. The van der Waals surface area contributed by atoms with Crippen molar-refractivity contribution in [2.45, 2.75) is 23.8 Å². The largest absolute Gasteiger partial charge is 0.454 e. The molecule has 2 aliphatic heterocycles. The lowest BCUT2D eigenvalue weighted by Gasteiger charge is -2.12. The van der Waals surface area contributed by atoms with Gasteiger partial charge in [0.15, 0.2) is 11.5 Å². The van der Waals surface area contributed by atoms with Gasteiger partial charge in [-0.05, 0) is 31.5 Å². The molecule has 1 fully saturated rings. The Bertz CT molecular complexity index is 573. The van der Waals surface area contributed by atoms with Crippen LogP contribution in [-0.4, -0.2) is 34.3 Å². The van der Waals surface area contributed by atoms with Crippen molar-refractivity contribution >= 4 is 22.4 Å². The van der Waals surface area contributed by atoms with E-state index in [2.05, 4.69) is 10.0 Å². The smallest absolute Gasteiger partial charge is 0.240 e. The molecule has 0 bridgehead atoms. The van der Waals surface area contributed by atoms with E-state index < -0.39 is 10.0 Å². The Balaban J connectivity index is 0.00000147. The van der Waals surface area contributed by atoms with E-state index in [0.29, 0.717) is 18.0 Å². The van der Waals surface area contributed by atoms with Crippen LogP contribution >= 0.6 is 12.4 Å². The number of rotatable bonds is 4. The summed E-state index contributed by atoms with van der Waals surface area (Å²) < 4.78 is 37.3. The molecule has 3 rings (SSSR count). The second kappa shape index (κ2) is 6.17. The van der Waals surface area contributed by atoms with Crippen molar-refractivity contribution in [1.29, 1.82) is 0 Å². The SMILES string of the molecule is Cl.O=S(=O)(NCC1CCCN1)c1ccc2c(c1)OCO2. The fourth-order valence-corrected chi connectivity index (χ4v) is 3.37. The maximum atomic E-state index is 12.2. The third-order valence-electron chi connectivity index (χ3n) is 3.34. The number of sulfonamides is 1. The van der Waals surface area contributed by atoms with Crippen LogP contribution in [0.2, 0.25) is 0 Å². The fraction of sp³-hybridized carbons (Fsp3) is 0.500. The fourth-order valence-electron chi connectivity index (χ4n) is 2.27. The number of hydrogen-bond acceptors (Lipinski definition) is 5. The first-order chi connectivity index (χ1) is 9.15. The Morgan fingerprint density at radius 3 is 2.85 bits per heavy atom. The first kappa shape index (κ1) is 15.4. The maximum Gasteiger partial charge on any atom is 0.240 e. The van der Waals surface area contributed by atoms with Crippen molar-refractivity contribution in [2.75, 3.05) is 19.9 Å². The van der Waals surface area contributed by atoms with E-state index in [1.807, 2.05) is 0 Å². The van der Waals surface area contributed by atoms with Gasteiger partial charge in [-0.2, -0.15) is 0 Å². The van der Waals surface area contributed by atoms with Crippen LogP contribution in [0.15, 0.2) is 23.1 Å². The van der Waals surface area contributed by atoms with Crippen molar-refractivity contribution in [3.05, 3.63) is 18.2 Å². The lowest BCUT2D eigenvalue weighted by atomic mass is 10.2. The molecule has 6 nitrogen and oxygen atoms in total. The molecule has 0 spiro atoms. The van der Waals surface area contributed by atoms with Gasteiger partial charge >= 0.3 is 0 Å². The van der Waals surface area contributed by atoms with Crippen LogP contribution in [0.5, 0.6) is 11.5 Å². The van der Waals surface area contributed by atoms with Gasteiger partial charge in [0.1, 0.15) is 0 Å². The van der Waals surface area contributed by atoms with E-state index in [-0.39, 0.29) is 30.1 Å². The average molecular weight is 321 g/mol. The van der Waals surface area contributed by atoms with Crippen molar-refractivity contribution in [1.82, 2.24) is 10.0 Å². The lowest BCUT2D eigenvalue weighted by molar-refractivity contribution is 0.174. The highest BCUT2D eigenvalue weighted by molar-refractivity contribution is 7.89. The van der Waals surface area contributed by atoms with Crippen LogP contribution in [0.3, 0.4) is 0 Å². The Morgan fingerprint density at radius 2 is 2.10 bits per heavy atom. The normalized spacial score (nSPS) is 20.7. The summed E-state index contributed by atoms with van der Waals surface area (Å²) in [5.74, 6) is 1.05. The predicted molar refractivity (Wildman–Crippen MR) is 76.0 cm³/mol. The van der Waals surface area contributed by atoms with Gasteiger partial charge in [0.05, 0.1) is 4.90 Å². The molecule has 1 aromatic rings. The Labute approximate surface area is 124 Å². The van der Waals surface area contributed by atoms with Crippen molar-refractivity contribution in [2.24, 2.45) is 0 Å². The summed E-state index contributed by atoms with van der Waals surface area (Å²) in [6, 6.07) is 4.86. The summed E-state index contributed by atoms with van der Waals surface area (Å²) >= 11 is 0. The zero-order valence-corrected chi connectivity index (χ0v) is 12.4. The molecular formula is C12H17ClN2O4S. The summed E-state index contributed by atoms with van der Waals surface area (Å²) in [7, 11) is -3.49. The number of fused-ring (bicyclic) bond motifs is 1. The molecule has 2 aliphatic rings. The average Bonchev–Trinajstić information content (AvgIpc) is 3.06. The van der Waals surface area contributed by atoms with Crippen molar-refractivity contribution in [3.63, 3.8) is 0 Å². The van der Waals surface area contributed by atoms with Gasteiger partial charge in [-0.1, -0.05) is 0 Å². The van der Waals surface area contributed by atoms with E-state index in [0.717, 1.165) is 19.4 Å². The molecule has 0 radical (unpaired) electrons. The van der Waals surface area contributed by atoms with Gasteiger partial charge in [0.2, 0.25) is 16.8 Å². The van der Waals surface area contributed by atoms with E-state index in [9.17, 15) is 8.42 Å². The highest BCUT2D eigenvalue weighted by Crippen LogP contribution is 2.33. The van der Waals surface area contributed by atoms with E-state index in [4.69, 9.17) is 9.47 Å². The molecule has 0 aromatic heterocycles. The van der Waals surface area contributed by atoms with E-state index in [1.165, 1.54) is 12.1 Å². The first-order valence-electron chi connectivity index (χ1n) is 6.28. The van der Waals surface area contributed by atoms with Crippen LogP contribution in [-0.2, 0) is 10.0 Å². The molecule has 1 unspecified atom stereocenters. The number of hydrogen-bond donors (Lipinski definition) is 2. The molecule has 0 saturated carbocycles. The Morgan fingerprint density at radius 1 is 1.30 bits per heavy atom. The van der Waals surface area contributed by atoms with E-state index >= 15 is 0 Å². The molecule has 1 saturated heterocycles. The molecule has 1 atom stereocenters. The Hall–Kier alpha value is -1.02. The topological polar surface area (TPSA) is 76.7 Å². The summed E-state index contributed by atoms with van der Waals surface area (Å²) in [4.78, 5) is 0.203. The quantitative estimate of drug-likeness (QED) is 0.861. The minimum atomic E-state index is -3.49. The van der Waals surface area contributed by atoms with Crippen LogP contribution < -0.4 is 19.5 Å². The van der Waals surface area contributed by atoms with Crippen LogP contribution in [0.4, 0.5) is 0 Å². The predicted octanol–water partition coefficient (Wildman–Crippen LogP) is 0.867. The number of ether oxygens (including phenoxy) is 2. The highest BCUT2D eigenvalue weighted by Gasteiger charge is 2.22. The van der Waals surface area contributed by atoms with Crippen molar-refractivity contribution in [3.8, 4) is 11.5 Å². The molecule has 2 heterocycles. The summed E-state index contributed by atoms with van der Waals surface area (Å²) in [6.45, 7) is 1.51. The molecule has 0 aliphatic carbocycles. The van der Waals surface area contributed by atoms with Crippen LogP contribution in [0, 0.1) is 0 Å². The zero-order valence-electron chi connectivity index (χ0n) is 10.8. The van der Waals surface area contributed by atoms with Gasteiger partial charge < -0.3 is 14.8 Å². The molecule has 0 amide bonds. The minimum Gasteiger partial charge on any atom is -0.454 e. The zero-order chi connectivity index (χ0) is 13.3. The van der Waals surface area contributed by atoms with Gasteiger partial charge in [-0.15, -0.1) is 12.4 Å². The van der Waals surface area contributed by atoms with Crippen LogP contribution in [0.1, 0.15) is 12.8 Å². The summed E-state index contributed by atoms with van der Waals surface area (Å²) in [5.41, 5.74) is 0. The summed E-state index contributed by atoms with van der Waals surface area (Å²) in [5, 5.41) is 3.25. The standard InChI is InChI=1S/C12H16N2O4S.ClH/c15-19(16,14-7-9-2-1-5-13-9)10-3-4-11-12(6-10)18-8-17-11;/h3-4,6,9,13-14H,1-2,5,7-8H2;1H. The molecule has 20 heavy (non-hydrogen) atoms. The highest BCUT2D eigenvalue weighted by atomic mass is 35.5. The second-order valence-electron chi connectivity index (χ2n) is 4.66. The molecular weight excluding hydrogens is 304 g/mol. The van der Waals surface area contributed by atoms with Crippen LogP contribution in [0.25, 0.3) is 0 Å².